The van der Waals surface area contributed by atoms with Crippen LogP contribution >= 0.6 is 0 Å². The Kier molecular flexibility index (Phi) is 6.24. The fourth-order valence-corrected chi connectivity index (χ4v) is 5.65. The average molecular weight is 478 g/mol. The van der Waals surface area contributed by atoms with E-state index in [1.54, 1.807) is 0 Å². The van der Waals surface area contributed by atoms with Gasteiger partial charge in [0, 0.05) is 12.1 Å². The van der Waals surface area contributed by atoms with Gasteiger partial charge in [0.15, 0.2) is 0 Å². The first-order valence-electron chi connectivity index (χ1n) is 12.9. The van der Waals surface area contributed by atoms with E-state index in [1.165, 1.54) is 31.2 Å². The van der Waals surface area contributed by atoms with Crippen molar-refractivity contribution in [2.24, 2.45) is 0 Å². The lowest BCUT2D eigenvalue weighted by atomic mass is 10.0. The Morgan fingerprint density at radius 3 is 2.25 bits per heavy atom. The number of para-hydroxylation sites is 1. The van der Waals surface area contributed by atoms with Gasteiger partial charge in [0.25, 0.3) is 5.56 Å². The molecule has 36 heavy (non-hydrogen) atoms. The molecule has 1 aliphatic rings. The van der Waals surface area contributed by atoms with Crippen molar-refractivity contribution in [2.75, 3.05) is 0 Å². The Labute approximate surface area is 210 Å². The lowest BCUT2D eigenvalue weighted by Crippen LogP contribution is -2.32. The minimum absolute atomic E-state index is 0.0404. The minimum atomic E-state index is -0.117. The molecule has 6 nitrogen and oxygen atoms in total. The number of nitrogens with zero attached hydrogens (tertiary/aromatic N) is 5. The molecule has 2 aromatic heterocycles. The molecule has 0 bridgehead atoms. The van der Waals surface area contributed by atoms with Gasteiger partial charge in [-0.3, -0.25) is 14.2 Å². The summed E-state index contributed by atoms with van der Waals surface area (Å²) in [5.74, 6) is 0.513. The van der Waals surface area contributed by atoms with Gasteiger partial charge in [-0.1, -0.05) is 90.9 Å². The Hall–Kier alpha value is -3.93. The summed E-state index contributed by atoms with van der Waals surface area (Å²) in [6, 6.07) is 28.6. The van der Waals surface area contributed by atoms with E-state index in [0.29, 0.717) is 19.0 Å². The number of hydrogen-bond acceptors (Lipinski definition) is 3. The van der Waals surface area contributed by atoms with E-state index in [9.17, 15) is 4.79 Å². The number of benzene rings is 3. The molecule has 2 heterocycles. The van der Waals surface area contributed by atoms with E-state index in [-0.39, 0.29) is 11.6 Å². The summed E-state index contributed by atoms with van der Waals surface area (Å²) in [4.78, 5) is 13.9. The Morgan fingerprint density at radius 1 is 0.833 bits per heavy atom. The molecule has 0 amide bonds. The molecule has 0 aliphatic heterocycles. The first kappa shape index (κ1) is 22.5. The second kappa shape index (κ2) is 9.97. The molecule has 0 saturated heterocycles. The van der Waals surface area contributed by atoms with Gasteiger partial charge in [-0.25, -0.2) is 4.68 Å². The van der Waals surface area contributed by atoms with Crippen LogP contribution in [0.15, 0.2) is 95.9 Å². The highest BCUT2D eigenvalue weighted by Gasteiger charge is 2.24. The van der Waals surface area contributed by atoms with Crippen molar-refractivity contribution in [1.29, 1.82) is 0 Å². The number of hydrogen-bond donors (Lipinski definition) is 0. The van der Waals surface area contributed by atoms with Crippen LogP contribution in [0.2, 0.25) is 0 Å². The normalized spacial score (nSPS) is 15.0. The summed E-state index contributed by atoms with van der Waals surface area (Å²) in [6.45, 7) is 1.21. The molecule has 1 fully saturated rings. The second-order valence-electron chi connectivity index (χ2n) is 9.90. The Balaban J connectivity index is 1.44. The number of rotatable bonds is 8. The van der Waals surface area contributed by atoms with Crippen molar-refractivity contribution in [1.82, 2.24) is 24.4 Å². The van der Waals surface area contributed by atoms with Crippen LogP contribution in [-0.4, -0.2) is 24.4 Å². The van der Waals surface area contributed by atoms with Crippen molar-refractivity contribution in [3.63, 3.8) is 0 Å². The van der Waals surface area contributed by atoms with E-state index in [2.05, 4.69) is 57.6 Å². The third kappa shape index (κ3) is 4.51. The summed E-state index contributed by atoms with van der Waals surface area (Å²) < 4.78 is 6.05. The van der Waals surface area contributed by atoms with Crippen molar-refractivity contribution in [3.05, 3.63) is 118 Å². The molecule has 6 rings (SSSR count). The highest BCUT2D eigenvalue weighted by atomic mass is 16.1. The molecule has 0 spiro atoms. The zero-order valence-corrected chi connectivity index (χ0v) is 20.4. The number of aromatic nitrogens is 5. The van der Waals surface area contributed by atoms with Crippen LogP contribution in [0.1, 0.15) is 54.5 Å². The molecular weight excluding hydrogens is 446 g/mol. The molecule has 1 atom stereocenters. The largest absolute Gasteiger partial charge is 0.277 e. The fourth-order valence-electron chi connectivity index (χ4n) is 5.65. The van der Waals surface area contributed by atoms with E-state index in [4.69, 9.17) is 0 Å². The van der Waals surface area contributed by atoms with Crippen LogP contribution in [0.25, 0.3) is 10.9 Å². The second-order valence-corrected chi connectivity index (χ2v) is 9.90. The number of fused-ring (bicyclic) bond motifs is 1. The minimum Gasteiger partial charge on any atom is -0.277 e. The summed E-state index contributed by atoms with van der Waals surface area (Å²) >= 11 is 0. The van der Waals surface area contributed by atoms with E-state index >= 15 is 0 Å². The van der Waals surface area contributed by atoms with Crippen LogP contribution in [0.4, 0.5) is 0 Å². The maximum absolute atomic E-state index is 13.9. The van der Waals surface area contributed by atoms with Crippen molar-refractivity contribution >= 4 is 10.9 Å². The fraction of sp³-hybridized carbons (Fsp3) is 0.300. The highest BCUT2D eigenvalue weighted by Crippen LogP contribution is 2.32. The molecule has 0 unspecified atom stereocenters. The third-order valence-electron chi connectivity index (χ3n) is 7.44. The molecule has 0 N–H and O–H groups in total. The zero-order chi connectivity index (χ0) is 24.3. The van der Waals surface area contributed by atoms with Crippen LogP contribution in [0.3, 0.4) is 0 Å². The molecule has 0 radical (unpaired) electrons. The van der Waals surface area contributed by atoms with E-state index < -0.39 is 0 Å². The molecule has 5 aromatic rings. The molecule has 3 aromatic carbocycles. The quantitative estimate of drug-likeness (QED) is 0.293. The first-order chi connectivity index (χ1) is 17.8. The van der Waals surface area contributed by atoms with Crippen molar-refractivity contribution < 1.29 is 0 Å². The van der Waals surface area contributed by atoms with Gasteiger partial charge >= 0.3 is 0 Å². The first-order valence-corrected chi connectivity index (χ1v) is 12.9. The lowest BCUT2D eigenvalue weighted by Gasteiger charge is -2.23. The predicted octanol–water partition coefficient (Wildman–Crippen LogP) is 5.58. The van der Waals surface area contributed by atoms with Crippen LogP contribution in [0.5, 0.6) is 0 Å². The maximum Gasteiger partial charge on any atom is 0.274 e. The Morgan fingerprint density at radius 2 is 1.50 bits per heavy atom. The van der Waals surface area contributed by atoms with E-state index in [0.717, 1.165) is 28.6 Å². The molecule has 1 saturated carbocycles. The van der Waals surface area contributed by atoms with E-state index in [1.807, 2.05) is 57.9 Å². The maximum atomic E-state index is 13.9. The van der Waals surface area contributed by atoms with Gasteiger partial charge in [0.1, 0.15) is 0 Å². The standard InChI is InChI=1S/C30H31N5O/c36-30-27-17-9-10-18-29(27)34(20-24-13-5-2-6-14-24)35(30)26(19-23-11-3-1-4-12-23)21-33-22-28(31-32-33)25-15-7-8-16-25/h1-6,9-14,17-18,22,25-26H,7-8,15-16,19-21H2/t26-/m0/s1. The zero-order valence-electron chi connectivity index (χ0n) is 20.4. The van der Waals surface area contributed by atoms with Crippen LogP contribution in [0, 0.1) is 0 Å². The summed E-state index contributed by atoms with van der Waals surface area (Å²) in [6.07, 6.45) is 7.74. The van der Waals surface area contributed by atoms with Gasteiger partial charge < -0.3 is 0 Å². The van der Waals surface area contributed by atoms with Crippen LogP contribution in [-0.2, 0) is 19.5 Å². The smallest absolute Gasteiger partial charge is 0.274 e. The SMILES string of the molecule is O=c1c2ccccc2n(Cc2ccccc2)n1[C@@H](Cc1ccccc1)Cn1cc(C2CCCC2)nn1. The summed E-state index contributed by atoms with van der Waals surface area (Å²) in [5.41, 5.74) is 4.44. The van der Waals surface area contributed by atoms with Gasteiger partial charge in [0.05, 0.1) is 35.7 Å². The van der Waals surface area contributed by atoms with Gasteiger partial charge in [0.2, 0.25) is 0 Å². The molecule has 182 valence electrons. The summed E-state index contributed by atoms with van der Waals surface area (Å²) in [7, 11) is 0. The third-order valence-corrected chi connectivity index (χ3v) is 7.44. The topological polar surface area (TPSA) is 57.6 Å². The average Bonchev–Trinajstić information content (AvgIpc) is 3.66. The lowest BCUT2D eigenvalue weighted by molar-refractivity contribution is 0.323. The van der Waals surface area contributed by atoms with Gasteiger partial charge in [-0.2, -0.15) is 0 Å². The van der Waals surface area contributed by atoms with Gasteiger partial charge in [-0.15, -0.1) is 5.10 Å². The molecular formula is C30H31N5O. The van der Waals surface area contributed by atoms with Crippen LogP contribution < -0.4 is 5.56 Å². The Bertz CT molecular complexity index is 1490. The monoisotopic (exact) mass is 477 g/mol. The molecule has 1 aliphatic carbocycles. The van der Waals surface area contributed by atoms with Crippen molar-refractivity contribution in [3.8, 4) is 0 Å². The van der Waals surface area contributed by atoms with Crippen molar-refractivity contribution in [2.45, 2.75) is 57.2 Å². The van der Waals surface area contributed by atoms with Gasteiger partial charge in [-0.05, 0) is 42.5 Å². The summed E-state index contributed by atoms with van der Waals surface area (Å²) in [5, 5.41) is 9.78. The predicted molar refractivity (Wildman–Crippen MR) is 142 cm³/mol. The highest BCUT2D eigenvalue weighted by molar-refractivity contribution is 5.78. The molecule has 6 heteroatoms.